The lowest BCUT2D eigenvalue weighted by Gasteiger charge is -2.18. The molecule has 1 heterocycles. The van der Waals surface area contributed by atoms with Crippen LogP contribution in [-0.4, -0.2) is 24.9 Å². The lowest BCUT2D eigenvalue weighted by molar-refractivity contribution is -0.141. The van der Waals surface area contributed by atoms with Gasteiger partial charge in [0.15, 0.2) is 0 Å². The molecular weight excluding hydrogens is 376 g/mol. The van der Waals surface area contributed by atoms with Gasteiger partial charge in [-0.2, -0.15) is 0 Å². The van der Waals surface area contributed by atoms with Crippen LogP contribution in [0.25, 0.3) is 0 Å². The number of amides is 2. The van der Waals surface area contributed by atoms with Crippen LogP contribution in [0.3, 0.4) is 0 Å². The van der Waals surface area contributed by atoms with Crippen LogP contribution in [-0.2, 0) is 14.3 Å². The van der Waals surface area contributed by atoms with E-state index in [9.17, 15) is 14.4 Å². The SMILES string of the molecule is COC(=O)CC(NC(=O)c1sc(NC(=O)C(C)(C)C)cc1C)c1ccccc1. The van der Waals surface area contributed by atoms with Crippen molar-refractivity contribution in [2.45, 2.75) is 40.2 Å². The Bertz CT molecular complexity index is 853. The molecule has 0 saturated carbocycles. The molecule has 0 spiro atoms. The lowest BCUT2D eigenvalue weighted by Crippen LogP contribution is -2.30. The largest absolute Gasteiger partial charge is 0.469 e. The summed E-state index contributed by atoms with van der Waals surface area (Å²) in [6.07, 6.45) is 0.0320. The Morgan fingerprint density at radius 3 is 2.36 bits per heavy atom. The minimum Gasteiger partial charge on any atom is -0.469 e. The molecule has 1 aromatic carbocycles. The fourth-order valence-corrected chi connectivity index (χ4v) is 3.45. The predicted molar refractivity (Wildman–Crippen MR) is 110 cm³/mol. The summed E-state index contributed by atoms with van der Waals surface area (Å²) >= 11 is 1.21. The van der Waals surface area contributed by atoms with E-state index in [4.69, 9.17) is 4.74 Å². The highest BCUT2D eigenvalue weighted by molar-refractivity contribution is 7.18. The van der Waals surface area contributed by atoms with E-state index < -0.39 is 17.4 Å². The van der Waals surface area contributed by atoms with E-state index in [0.717, 1.165) is 11.1 Å². The van der Waals surface area contributed by atoms with Gasteiger partial charge in [-0.05, 0) is 24.1 Å². The van der Waals surface area contributed by atoms with Crippen LogP contribution in [0.2, 0.25) is 0 Å². The summed E-state index contributed by atoms with van der Waals surface area (Å²) in [6, 6.07) is 10.5. The number of aryl methyl sites for hydroxylation is 1. The number of thiophene rings is 1. The molecule has 1 atom stereocenters. The van der Waals surface area contributed by atoms with Crippen LogP contribution < -0.4 is 10.6 Å². The van der Waals surface area contributed by atoms with Gasteiger partial charge in [0.05, 0.1) is 29.5 Å². The molecule has 2 N–H and O–H groups in total. The number of esters is 1. The van der Waals surface area contributed by atoms with E-state index in [1.807, 2.05) is 58.0 Å². The Kier molecular flexibility index (Phi) is 6.96. The van der Waals surface area contributed by atoms with E-state index in [1.54, 1.807) is 6.07 Å². The number of carbonyl (C=O) groups is 3. The van der Waals surface area contributed by atoms with Crippen LogP contribution in [0, 0.1) is 12.3 Å². The first-order chi connectivity index (χ1) is 13.1. The van der Waals surface area contributed by atoms with Gasteiger partial charge >= 0.3 is 5.97 Å². The second kappa shape index (κ2) is 9.01. The van der Waals surface area contributed by atoms with E-state index in [1.165, 1.54) is 18.4 Å². The smallest absolute Gasteiger partial charge is 0.307 e. The highest BCUT2D eigenvalue weighted by atomic mass is 32.1. The molecule has 2 rings (SSSR count). The fourth-order valence-electron chi connectivity index (χ4n) is 2.48. The third-order valence-corrected chi connectivity index (χ3v) is 5.30. The first-order valence-electron chi connectivity index (χ1n) is 8.96. The second-order valence-corrected chi connectivity index (χ2v) is 8.60. The maximum absolute atomic E-state index is 12.8. The zero-order valence-corrected chi connectivity index (χ0v) is 17.6. The van der Waals surface area contributed by atoms with E-state index >= 15 is 0 Å². The van der Waals surface area contributed by atoms with Crippen molar-refractivity contribution >= 4 is 34.1 Å². The molecule has 150 valence electrons. The Labute approximate surface area is 169 Å². The molecule has 7 heteroatoms. The first kappa shape index (κ1) is 21.6. The Morgan fingerprint density at radius 2 is 1.79 bits per heavy atom. The van der Waals surface area contributed by atoms with Gasteiger partial charge in [-0.1, -0.05) is 51.1 Å². The number of rotatable bonds is 6. The quantitative estimate of drug-likeness (QED) is 0.713. The molecule has 1 aromatic heterocycles. The summed E-state index contributed by atoms with van der Waals surface area (Å²) in [7, 11) is 1.32. The summed E-state index contributed by atoms with van der Waals surface area (Å²) < 4.78 is 4.76. The van der Waals surface area contributed by atoms with E-state index in [0.29, 0.717) is 9.88 Å². The molecule has 6 nitrogen and oxygen atoms in total. The highest BCUT2D eigenvalue weighted by Gasteiger charge is 2.24. The number of nitrogens with one attached hydrogen (secondary N) is 2. The average molecular weight is 403 g/mol. The summed E-state index contributed by atoms with van der Waals surface area (Å²) in [5, 5.41) is 6.38. The topological polar surface area (TPSA) is 84.5 Å². The fraction of sp³-hybridized carbons (Fsp3) is 0.381. The minimum atomic E-state index is -0.529. The summed E-state index contributed by atoms with van der Waals surface area (Å²) in [5.41, 5.74) is 1.05. The molecule has 0 radical (unpaired) electrons. The Morgan fingerprint density at radius 1 is 1.14 bits per heavy atom. The normalized spacial score (nSPS) is 12.2. The summed E-state index contributed by atoms with van der Waals surface area (Å²) in [5.74, 6) is -0.819. The second-order valence-electron chi connectivity index (χ2n) is 7.54. The van der Waals surface area contributed by atoms with Gasteiger partial charge in [-0.3, -0.25) is 14.4 Å². The van der Waals surface area contributed by atoms with Gasteiger partial charge in [0.25, 0.3) is 5.91 Å². The van der Waals surface area contributed by atoms with E-state index in [2.05, 4.69) is 10.6 Å². The van der Waals surface area contributed by atoms with Gasteiger partial charge in [-0.25, -0.2) is 0 Å². The molecular formula is C21H26N2O4S. The molecule has 0 aliphatic heterocycles. The number of methoxy groups -OCH3 is 1. The number of ether oxygens (including phenoxy) is 1. The highest BCUT2D eigenvalue weighted by Crippen LogP contribution is 2.29. The van der Waals surface area contributed by atoms with Crippen molar-refractivity contribution in [2.24, 2.45) is 5.41 Å². The predicted octanol–water partition coefficient (Wildman–Crippen LogP) is 4.08. The molecule has 28 heavy (non-hydrogen) atoms. The maximum atomic E-state index is 12.8. The van der Waals surface area contributed by atoms with Crippen molar-refractivity contribution in [3.05, 3.63) is 52.4 Å². The average Bonchev–Trinajstić information content (AvgIpc) is 3.01. The van der Waals surface area contributed by atoms with Crippen molar-refractivity contribution in [1.82, 2.24) is 5.32 Å². The van der Waals surface area contributed by atoms with Crippen molar-refractivity contribution in [2.75, 3.05) is 12.4 Å². The molecule has 0 aliphatic rings. The van der Waals surface area contributed by atoms with Crippen molar-refractivity contribution in [3.63, 3.8) is 0 Å². The number of hydrogen-bond acceptors (Lipinski definition) is 5. The van der Waals surface area contributed by atoms with Gasteiger partial charge in [0.2, 0.25) is 5.91 Å². The van der Waals surface area contributed by atoms with E-state index in [-0.39, 0.29) is 18.2 Å². The number of benzene rings is 1. The van der Waals surface area contributed by atoms with Gasteiger partial charge < -0.3 is 15.4 Å². The number of anilines is 1. The molecule has 0 bridgehead atoms. The molecule has 0 fully saturated rings. The monoisotopic (exact) mass is 402 g/mol. The van der Waals surface area contributed by atoms with Crippen LogP contribution >= 0.6 is 11.3 Å². The standard InChI is InChI=1S/C21H26N2O4S/c1-13-11-16(23-20(26)21(2,3)4)28-18(13)19(25)22-15(12-17(24)27-5)14-9-7-6-8-10-14/h6-11,15H,12H2,1-5H3,(H,22,25)(H,23,26). The zero-order valence-electron chi connectivity index (χ0n) is 16.8. The minimum absolute atomic E-state index is 0.0320. The zero-order chi connectivity index (χ0) is 20.9. The number of hydrogen-bond donors (Lipinski definition) is 2. The van der Waals surface area contributed by atoms with Gasteiger partial charge in [0.1, 0.15) is 0 Å². The third kappa shape index (κ3) is 5.66. The summed E-state index contributed by atoms with van der Waals surface area (Å²) in [4.78, 5) is 37.3. The Balaban J connectivity index is 2.19. The van der Waals surface area contributed by atoms with Crippen LogP contribution in [0.1, 0.15) is 54.0 Å². The first-order valence-corrected chi connectivity index (χ1v) is 9.78. The van der Waals surface area contributed by atoms with Gasteiger partial charge in [-0.15, -0.1) is 11.3 Å². The Hall–Kier alpha value is -2.67. The van der Waals surface area contributed by atoms with Crippen LogP contribution in [0.4, 0.5) is 5.00 Å². The van der Waals surface area contributed by atoms with Gasteiger partial charge in [0, 0.05) is 5.41 Å². The molecule has 0 aliphatic carbocycles. The molecule has 2 amide bonds. The third-order valence-electron chi connectivity index (χ3n) is 4.15. The van der Waals surface area contributed by atoms with Crippen molar-refractivity contribution in [1.29, 1.82) is 0 Å². The van der Waals surface area contributed by atoms with Crippen LogP contribution in [0.15, 0.2) is 36.4 Å². The molecule has 2 aromatic rings. The van der Waals surface area contributed by atoms with Crippen molar-refractivity contribution < 1.29 is 19.1 Å². The molecule has 0 saturated heterocycles. The summed E-state index contributed by atoms with van der Waals surface area (Å²) in [6.45, 7) is 7.30. The van der Waals surface area contributed by atoms with Crippen LogP contribution in [0.5, 0.6) is 0 Å². The molecule has 1 unspecified atom stereocenters. The lowest BCUT2D eigenvalue weighted by atomic mass is 9.96. The number of carbonyl (C=O) groups excluding carboxylic acids is 3. The maximum Gasteiger partial charge on any atom is 0.307 e. The van der Waals surface area contributed by atoms with Crippen molar-refractivity contribution in [3.8, 4) is 0 Å².